The zero-order valence-electron chi connectivity index (χ0n) is 17.4. The highest BCUT2D eigenvalue weighted by atomic mass is 35.5. The van der Waals surface area contributed by atoms with Crippen molar-refractivity contribution in [3.05, 3.63) is 108 Å². The fourth-order valence-electron chi connectivity index (χ4n) is 3.15. The first-order valence-corrected chi connectivity index (χ1v) is 11.5. The number of rotatable bonds is 7. The van der Waals surface area contributed by atoms with Gasteiger partial charge in [0.2, 0.25) is 0 Å². The summed E-state index contributed by atoms with van der Waals surface area (Å²) in [5, 5.41) is 11.5. The van der Waals surface area contributed by atoms with Gasteiger partial charge >= 0.3 is 0 Å². The maximum Gasteiger partial charge on any atom is 0.293 e. The quantitative estimate of drug-likeness (QED) is 0.197. The summed E-state index contributed by atoms with van der Waals surface area (Å²) in [4.78, 5) is 36.8. The Hall–Kier alpha value is -3.33. The van der Waals surface area contributed by atoms with Crippen molar-refractivity contribution in [1.82, 2.24) is 4.90 Å². The lowest BCUT2D eigenvalue weighted by Gasteiger charge is -2.12. The van der Waals surface area contributed by atoms with Gasteiger partial charge in [-0.2, -0.15) is 0 Å². The number of amides is 2. The summed E-state index contributed by atoms with van der Waals surface area (Å²) < 4.78 is 5.76. The highest BCUT2D eigenvalue weighted by molar-refractivity contribution is 8.18. The molecule has 1 fully saturated rings. The first kappa shape index (κ1) is 23.8. The Morgan fingerprint density at radius 3 is 2.35 bits per heavy atom. The van der Waals surface area contributed by atoms with Crippen molar-refractivity contribution in [3.8, 4) is 5.75 Å². The van der Waals surface area contributed by atoms with E-state index in [-0.39, 0.29) is 18.8 Å². The molecule has 0 unspecified atom stereocenters. The van der Waals surface area contributed by atoms with Crippen molar-refractivity contribution < 1.29 is 19.2 Å². The number of hydrogen-bond acceptors (Lipinski definition) is 6. The van der Waals surface area contributed by atoms with E-state index in [1.807, 2.05) is 0 Å². The van der Waals surface area contributed by atoms with Crippen molar-refractivity contribution >= 4 is 57.9 Å². The normalized spacial score (nSPS) is 14.6. The van der Waals surface area contributed by atoms with E-state index < -0.39 is 16.1 Å². The summed E-state index contributed by atoms with van der Waals surface area (Å²) in [6.07, 6.45) is 1.64. The van der Waals surface area contributed by atoms with Crippen LogP contribution in [0.3, 0.4) is 0 Å². The van der Waals surface area contributed by atoms with Crippen LogP contribution in [0, 0.1) is 10.1 Å². The van der Waals surface area contributed by atoms with Gasteiger partial charge in [-0.05, 0) is 53.2 Å². The van der Waals surface area contributed by atoms with Crippen LogP contribution in [0.2, 0.25) is 10.0 Å². The smallest absolute Gasteiger partial charge is 0.293 e. The average Bonchev–Trinajstić information content (AvgIpc) is 3.07. The summed E-state index contributed by atoms with van der Waals surface area (Å²) >= 11 is 12.9. The molecule has 0 aliphatic carbocycles. The minimum absolute atomic E-state index is 0.0417. The largest absolute Gasteiger partial charge is 0.489 e. The van der Waals surface area contributed by atoms with Gasteiger partial charge < -0.3 is 4.74 Å². The van der Waals surface area contributed by atoms with E-state index in [0.717, 1.165) is 27.8 Å². The molecule has 34 heavy (non-hydrogen) atoms. The maximum absolute atomic E-state index is 12.7. The first-order valence-electron chi connectivity index (χ1n) is 9.95. The van der Waals surface area contributed by atoms with Crippen molar-refractivity contribution in [2.24, 2.45) is 0 Å². The summed E-state index contributed by atoms with van der Waals surface area (Å²) in [5.41, 5.74) is 2.10. The van der Waals surface area contributed by atoms with Crippen LogP contribution in [-0.2, 0) is 17.9 Å². The van der Waals surface area contributed by atoms with Gasteiger partial charge in [0.15, 0.2) is 0 Å². The minimum atomic E-state index is -0.504. The molecule has 0 radical (unpaired) electrons. The number of benzene rings is 3. The predicted molar refractivity (Wildman–Crippen MR) is 132 cm³/mol. The Labute approximate surface area is 209 Å². The Balaban J connectivity index is 1.40. The van der Waals surface area contributed by atoms with E-state index >= 15 is 0 Å². The van der Waals surface area contributed by atoms with Crippen LogP contribution in [0.5, 0.6) is 5.75 Å². The zero-order chi connectivity index (χ0) is 24.2. The monoisotopic (exact) mass is 514 g/mol. The van der Waals surface area contributed by atoms with Crippen molar-refractivity contribution in [3.63, 3.8) is 0 Å². The van der Waals surface area contributed by atoms with Crippen LogP contribution in [0.15, 0.2) is 71.6 Å². The summed E-state index contributed by atoms with van der Waals surface area (Å²) in [5.74, 6) is 0.209. The van der Waals surface area contributed by atoms with E-state index in [9.17, 15) is 19.7 Å². The van der Waals surface area contributed by atoms with E-state index in [2.05, 4.69) is 0 Å². The lowest BCUT2D eigenvalue weighted by Crippen LogP contribution is -2.27. The molecule has 0 atom stereocenters. The standard InChI is InChI=1S/C24H16Cl2N2O5S/c25-18-6-5-17(21(26)12-18)14-33-20-9-3-15(4-10-20)11-22-23(29)27(24(30)34-22)13-16-1-7-19(8-2-16)28(31)32/h1-12H,13-14H2/b22-11-. The summed E-state index contributed by atoms with van der Waals surface area (Å²) in [6, 6.07) is 18.0. The molecular weight excluding hydrogens is 499 g/mol. The van der Waals surface area contributed by atoms with Gasteiger partial charge in [0.1, 0.15) is 12.4 Å². The highest BCUT2D eigenvalue weighted by Crippen LogP contribution is 2.33. The molecule has 172 valence electrons. The first-order chi connectivity index (χ1) is 16.3. The molecule has 3 aromatic rings. The van der Waals surface area contributed by atoms with Crippen LogP contribution in [0.25, 0.3) is 6.08 Å². The number of nitro groups is 1. The predicted octanol–water partition coefficient (Wildman–Crippen LogP) is 6.72. The van der Waals surface area contributed by atoms with E-state index in [4.69, 9.17) is 27.9 Å². The van der Waals surface area contributed by atoms with Gasteiger partial charge in [-0.15, -0.1) is 0 Å². The summed E-state index contributed by atoms with van der Waals surface area (Å²) in [6.45, 7) is 0.316. The third-order valence-corrected chi connectivity index (χ3v) is 6.44. The second-order valence-corrected chi connectivity index (χ2v) is 9.12. The van der Waals surface area contributed by atoms with Crippen LogP contribution >= 0.6 is 35.0 Å². The lowest BCUT2D eigenvalue weighted by molar-refractivity contribution is -0.384. The van der Waals surface area contributed by atoms with Crippen molar-refractivity contribution in [2.75, 3.05) is 0 Å². The molecule has 4 rings (SSSR count). The Morgan fingerprint density at radius 1 is 1.00 bits per heavy atom. The number of carbonyl (C=O) groups excluding carboxylic acids is 2. The molecule has 0 aromatic heterocycles. The van der Waals surface area contributed by atoms with Gasteiger partial charge in [-0.3, -0.25) is 24.6 Å². The molecule has 1 aliphatic heterocycles. The molecule has 7 nitrogen and oxygen atoms in total. The van der Waals surface area contributed by atoms with Gasteiger partial charge in [0.25, 0.3) is 16.8 Å². The van der Waals surface area contributed by atoms with Gasteiger partial charge in [0, 0.05) is 27.7 Å². The fourth-order valence-corrected chi connectivity index (χ4v) is 4.45. The van der Waals surface area contributed by atoms with Gasteiger partial charge in [-0.25, -0.2) is 0 Å². The summed E-state index contributed by atoms with van der Waals surface area (Å²) in [7, 11) is 0. The number of nitro benzene ring substituents is 1. The molecule has 3 aromatic carbocycles. The minimum Gasteiger partial charge on any atom is -0.489 e. The molecule has 2 amide bonds. The zero-order valence-corrected chi connectivity index (χ0v) is 19.8. The third-order valence-electron chi connectivity index (χ3n) is 4.95. The van der Waals surface area contributed by atoms with Crippen LogP contribution < -0.4 is 4.74 Å². The Morgan fingerprint density at radius 2 is 1.71 bits per heavy atom. The number of carbonyl (C=O) groups is 2. The highest BCUT2D eigenvalue weighted by Gasteiger charge is 2.35. The van der Waals surface area contributed by atoms with Crippen molar-refractivity contribution in [2.45, 2.75) is 13.2 Å². The number of ether oxygens (including phenoxy) is 1. The maximum atomic E-state index is 12.7. The van der Waals surface area contributed by atoms with E-state index in [1.165, 1.54) is 24.3 Å². The number of nitrogens with zero attached hydrogens (tertiary/aromatic N) is 2. The fraction of sp³-hybridized carbons (Fsp3) is 0.0833. The van der Waals surface area contributed by atoms with Crippen LogP contribution in [0.4, 0.5) is 10.5 Å². The van der Waals surface area contributed by atoms with Gasteiger partial charge in [0.05, 0.1) is 16.4 Å². The molecule has 1 saturated heterocycles. The molecule has 0 N–H and O–H groups in total. The SMILES string of the molecule is O=C1S/C(=C\c2ccc(OCc3ccc(Cl)cc3Cl)cc2)C(=O)N1Cc1ccc([N+](=O)[O-])cc1. The third kappa shape index (κ3) is 5.59. The van der Waals surface area contributed by atoms with Gasteiger partial charge in [-0.1, -0.05) is 53.5 Å². The molecular formula is C24H16Cl2N2O5S. The second kappa shape index (κ2) is 10.3. The second-order valence-electron chi connectivity index (χ2n) is 7.28. The molecule has 1 aliphatic rings. The number of imide groups is 1. The van der Waals surface area contributed by atoms with Crippen LogP contribution in [0.1, 0.15) is 16.7 Å². The number of halogens is 2. The molecule has 0 bridgehead atoms. The number of thioether (sulfide) groups is 1. The van der Waals surface area contributed by atoms with Crippen LogP contribution in [-0.4, -0.2) is 21.0 Å². The molecule has 10 heteroatoms. The molecule has 0 saturated carbocycles. The number of non-ortho nitro benzene ring substituents is 1. The topological polar surface area (TPSA) is 89.8 Å². The van der Waals surface area contributed by atoms with E-state index in [0.29, 0.717) is 26.3 Å². The van der Waals surface area contributed by atoms with Crippen molar-refractivity contribution in [1.29, 1.82) is 0 Å². The molecule has 1 heterocycles. The number of hydrogen-bond donors (Lipinski definition) is 0. The Kier molecular flexibility index (Phi) is 7.21. The molecule has 0 spiro atoms. The van der Waals surface area contributed by atoms with E-state index in [1.54, 1.807) is 48.5 Å². The Bertz CT molecular complexity index is 1290. The average molecular weight is 515 g/mol. The lowest BCUT2D eigenvalue weighted by atomic mass is 10.2.